The smallest absolute Gasteiger partial charge is 0.242 e. The standard InChI is InChI=1S/C23H27ClN2O4/c1-3-19(23(28)25-2)26(15-17-6-4-5-7-18(17)24)22(27)11-9-16-8-10-20-21(14-16)30-13-12-29-20/h4-8,10,14,19H,3,9,11-13,15H2,1-2H3,(H,25,28)/t19-/m1/s1. The summed E-state index contributed by atoms with van der Waals surface area (Å²) in [4.78, 5) is 27.2. The molecule has 0 bridgehead atoms. The first-order valence-corrected chi connectivity index (χ1v) is 10.5. The van der Waals surface area contributed by atoms with Crippen molar-refractivity contribution in [2.45, 2.75) is 38.8 Å². The number of amides is 2. The summed E-state index contributed by atoms with van der Waals surface area (Å²) >= 11 is 6.31. The Labute approximate surface area is 182 Å². The maximum absolute atomic E-state index is 13.2. The van der Waals surface area contributed by atoms with Crippen LogP contribution in [0.4, 0.5) is 0 Å². The highest BCUT2D eigenvalue weighted by Crippen LogP contribution is 2.31. The summed E-state index contributed by atoms with van der Waals surface area (Å²) in [7, 11) is 1.58. The van der Waals surface area contributed by atoms with Crippen molar-refractivity contribution in [1.82, 2.24) is 10.2 Å². The van der Waals surface area contributed by atoms with Crippen molar-refractivity contribution in [2.75, 3.05) is 20.3 Å². The molecule has 1 aliphatic heterocycles. The van der Waals surface area contributed by atoms with E-state index in [4.69, 9.17) is 21.1 Å². The highest BCUT2D eigenvalue weighted by atomic mass is 35.5. The number of nitrogens with one attached hydrogen (secondary N) is 1. The number of hydrogen-bond donors (Lipinski definition) is 1. The summed E-state index contributed by atoms with van der Waals surface area (Å²) in [6.45, 7) is 3.24. The molecule has 0 aliphatic carbocycles. The SMILES string of the molecule is CC[C@H](C(=O)NC)N(Cc1ccccc1Cl)C(=O)CCc1ccc2c(c1)OCCO2. The van der Waals surface area contributed by atoms with Crippen molar-refractivity contribution < 1.29 is 19.1 Å². The van der Waals surface area contributed by atoms with Gasteiger partial charge in [0.15, 0.2) is 11.5 Å². The Bertz CT molecular complexity index is 903. The molecule has 2 aromatic rings. The average Bonchev–Trinajstić information content (AvgIpc) is 2.78. The minimum atomic E-state index is -0.556. The number of hydrogen-bond acceptors (Lipinski definition) is 4. The molecule has 0 saturated carbocycles. The molecule has 1 atom stereocenters. The molecule has 0 fully saturated rings. The molecule has 0 aromatic heterocycles. The Morgan fingerprint density at radius 2 is 1.87 bits per heavy atom. The zero-order chi connectivity index (χ0) is 21.5. The van der Waals surface area contributed by atoms with Crippen LogP contribution in [0.3, 0.4) is 0 Å². The van der Waals surface area contributed by atoms with E-state index < -0.39 is 6.04 Å². The Morgan fingerprint density at radius 1 is 1.13 bits per heavy atom. The second-order valence-electron chi connectivity index (χ2n) is 7.13. The van der Waals surface area contributed by atoms with Crippen LogP contribution in [0.2, 0.25) is 5.02 Å². The van der Waals surface area contributed by atoms with Gasteiger partial charge in [-0.25, -0.2) is 0 Å². The zero-order valence-corrected chi connectivity index (χ0v) is 18.1. The molecule has 1 aliphatic rings. The van der Waals surface area contributed by atoms with Crippen LogP contribution in [-0.2, 0) is 22.6 Å². The molecule has 30 heavy (non-hydrogen) atoms. The summed E-state index contributed by atoms with van der Waals surface area (Å²) in [5.74, 6) is 1.15. The van der Waals surface area contributed by atoms with Gasteiger partial charge in [0.25, 0.3) is 0 Å². The summed E-state index contributed by atoms with van der Waals surface area (Å²) < 4.78 is 11.2. The van der Waals surface area contributed by atoms with Gasteiger partial charge in [0.2, 0.25) is 11.8 Å². The predicted molar refractivity (Wildman–Crippen MR) is 116 cm³/mol. The van der Waals surface area contributed by atoms with Crippen molar-refractivity contribution in [3.05, 3.63) is 58.6 Å². The molecule has 2 amide bonds. The fraction of sp³-hybridized carbons (Fsp3) is 0.391. The monoisotopic (exact) mass is 430 g/mol. The van der Waals surface area contributed by atoms with Crippen LogP contribution < -0.4 is 14.8 Å². The van der Waals surface area contributed by atoms with E-state index in [1.807, 2.05) is 43.3 Å². The van der Waals surface area contributed by atoms with Crippen molar-refractivity contribution in [2.24, 2.45) is 0 Å². The van der Waals surface area contributed by atoms with E-state index in [1.54, 1.807) is 18.0 Å². The van der Waals surface area contributed by atoms with Gasteiger partial charge in [0.05, 0.1) is 0 Å². The van der Waals surface area contributed by atoms with E-state index in [-0.39, 0.29) is 24.8 Å². The van der Waals surface area contributed by atoms with Gasteiger partial charge in [0, 0.05) is 25.0 Å². The van der Waals surface area contributed by atoms with E-state index in [9.17, 15) is 9.59 Å². The number of nitrogens with zero attached hydrogens (tertiary/aromatic N) is 1. The summed E-state index contributed by atoms with van der Waals surface area (Å²) in [5.41, 5.74) is 1.80. The van der Waals surface area contributed by atoms with Crippen molar-refractivity contribution >= 4 is 23.4 Å². The van der Waals surface area contributed by atoms with Crippen LogP contribution in [0.15, 0.2) is 42.5 Å². The van der Waals surface area contributed by atoms with E-state index in [0.717, 1.165) is 16.9 Å². The van der Waals surface area contributed by atoms with Gasteiger partial charge in [-0.05, 0) is 42.2 Å². The van der Waals surface area contributed by atoms with Gasteiger partial charge in [-0.2, -0.15) is 0 Å². The third kappa shape index (κ3) is 5.25. The lowest BCUT2D eigenvalue weighted by Crippen LogP contribution is -2.48. The van der Waals surface area contributed by atoms with Gasteiger partial charge in [-0.15, -0.1) is 0 Å². The lowest BCUT2D eigenvalue weighted by molar-refractivity contribution is -0.141. The van der Waals surface area contributed by atoms with Crippen molar-refractivity contribution in [1.29, 1.82) is 0 Å². The molecule has 0 radical (unpaired) electrons. The molecule has 1 N–H and O–H groups in total. The Hall–Kier alpha value is -2.73. The third-order valence-corrected chi connectivity index (χ3v) is 5.53. The van der Waals surface area contributed by atoms with Gasteiger partial charge >= 0.3 is 0 Å². The molecular formula is C23H27ClN2O4. The molecule has 160 valence electrons. The molecule has 3 rings (SSSR count). The van der Waals surface area contributed by atoms with E-state index >= 15 is 0 Å². The number of carbonyl (C=O) groups is 2. The fourth-order valence-electron chi connectivity index (χ4n) is 3.53. The first-order valence-electron chi connectivity index (χ1n) is 10.2. The predicted octanol–water partition coefficient (Wildman–Crippen LogP) is 3.60. The molecule has 0 spiro atoms. The minimum absolute atomic E-state index is 0.0970. The van der Waals surface area contributed by atoms with Crippen LogP contribution in [-0.4, -0.2) is 43.0 Å². The lowest BCUT2D eigenvalue weighted by atomic mass is 10.1. The van der Waals surface area contributed by atoms with Crippen LogP contribution >= 0.6 is 11.6 Å². The van der Waals surface area contributed by atoms with Crippen LogP contribution in [0.1, 0.15) is 30.9 Å². The van der Waals surface area contributed by atoms with Crippen LogP contribution in [0.25, 0.3) is 0 Å². The number of ether oxygens (including phenoxy) is 2. The maximum Gasteiger partial charge on any atom is 0.242 e. The Balaban J connectivity index is 1.75. The number of aryl methyl sites for hydroxylation is 1. The van der Waals surface area contributed by atoms with Gasteiger partial charge in [0.1, 0.15) is 19.3 Å². The summed E-state index contributed by atoms with van der Waals surface area (Å²) in [5, 5.41) is 3.24. The first kappa shape index (κ1) is 22.0. The van der Waals surface area contributed by atoms with E-state index in [1.165, 1.54) is 0 Å². The van der Waals surface area contributed by atoms with Gasteiger partial charge in [-0.1, -0.05) is 42.8 Å². The highest BCUT2D eigenvalue weighted by molar-refractivity contribution is 6.31. The first-order chi connectivity index (χ1) is 14.5. The third-order valence-electron chi connectivity index (χ3n) is 5.16. The summed E-state index contributed by atoms with van der Waals surface area (Å²) in [6, 6.07) is 12.5. The molecular weight excluding hydrogens is 404 g/mol. The lowest BCUT2D eigenvalue weighted by Gasteiger charge is -2.30. The van der Waals surface area contributed by atoms with E-state index in [2.05, 4.69) is 5.32 Å². The Morgan fingerprint density at radius 3 is 2.57 bits per heavy atom. The Kier molecular flexibility index (Phi) is 7.57. The van der Waals surface area contributed by atoms with Crippen LogP contribution in [0.5, 0.6) is 11.5 Å². The molecule has 0 saturated heterocycles. The fourth-order valence-corrected chi connectivity index (χ4v) is 3.73. The molecule has 7 heteroatoms. The maximum atomic E-state index is 13.2. The number of benzene rings is 2. The molecule has 6 nitrogen and oxygen atoms in total. The number of fused-ring (bicyclic) bond motifs is 1. The normalized spacial score (nSPS) is 13.4. The number of rotatable bonds is 8. The number of carbonyl (C=O) groups excluding carboxylic acids is 2. The second kappa shape index (κ2) is 10.3. The van der Waals surface area contributed by atoms with E-state index in [0.29, 0.717) is 36.8 Å². The van der Waals surface area contributed by atoms with Crippen LogP contribution in [0, 0.1) is 0 Å². The number of halogens is 1. The summed E-state index contributed by atoms with van der Waals surface area (Å²) in [6.07, 6.45) is 1.33. The van der Waals surface area contributed by atoms with Gasteiger partial charge in [-0.3, -0.25) is 9.59 Å². The molecule has 2 aromatic carbocycles. The van der Waals surface area contributed by atoms with Crippen molar-refractivity contribution in [3.8, 4) is 11.5 Å². The average molecular weight is 431 g/mol. The van der Waals surface area contributed by atoms with Crippen molar-refractivity contribution in [3.63, 3.8) is 0 Å². The highest BCUT2D eigenvalue weighted by Gasteiger charge is 2.28. The number of likely N-dealkylation sites (N-methyl/N-ethyl adjacent to an activating group) is 1. The molecule has 0 unspecified atom stereocenters. The zero-order valence-electron chi connectivity index (χ0n) is 17.3. The quantitative estimate of drug-likeness (QED) is 0.694. The van der Waals surface area contributed by atoms with Gasteiger partial charge < -0.3 is 19.7 Å². The largest absolute Gasteiger partial charge is 0.486 e. The second-order valence-corrected chi connectivity index (χ2v) is 7.54. The minimum Gasteiger partial charge on any atom is -0.486 e. The topological polar surface area (TPSA) is 67.9 Å². The molecule has 1 heterocycles.